The van der Waals surface area contributed by atoms with E-state index < -0.39 is 0 Å². The number of halogens is 2. The molecule has 0 aliphatic rings. The summed E-state index contributed by atoms with van der Waals surface area (Å²) in [4.78, 5) is 13.4. The molecule has 1 aromatic carbocycles. The second-order valence-corrected chi connectivity index (χ2v) is 4.69. The van der Waals surface area contributed by atoms with Gasteiger partial charge in [-0.05, 0) is 24.3 Å². The molecule has 3 N–H and O–H groups in total. The van der Waals surface area contributed by atoms with Crippen LogP contribution >= 0.6 is 28.3 Å². The molecule has 0 spiro atoms. The van der Waals surface area contributed by atoms with Crippen LogP contribution in [0.5, 0.6) is 0 Å². The molecule has 0 saturated carbocycles. The molecule has 0 radical (unpaired) electrons. The summed E-state index contributed by atoms with van der Waals surface area (Å²) in [6.45, 7) is 0.816. The van der Waals surface area contributed by atoms with Crippen LogP contribution in [-0.2, 0) is 4.79 Å². The van der Waals surface area contributed by atoms with E-state index in [0.717, 1.165) is 10.2 Å². The number of nitrogens with one attached hydrogen (secondary N) is 1. The lowest BCUT2D eigenvalue weighted by Crippen LogP contribution is -2.37. The van der Waals surface area contributed by atoms with Gasteiger partial charge in [0, 0.05) is 23.2 Å². The number of anilines is 1. The topological polar surface area (TPSA) is 72.8 Å². The number of carbonyl (C=O) groups excluding carboxylic acids is 1. The van der Waals surface area contributed by atoms with Gasteiger partial charge in [0.05, 0.1) is 19.8 Å². The van der Waals surface area contributed by atoms with E-state index in [-0.39, 0.29) is 38.1 Å². The molecule has 0 fully saturated rings. The summed E-state index contributed by atoms with van der Waals surface area (Å²) in [5, 5.41) is 20.4. The number of nitrogens with zero attached hydrogens (tertiary/aromatic N) is 1. The van der Waals surface area contributed by atoms with Crippen LogP contribution in [0.4, 0.5) is 5.69 Å². The highest BCUT2D eigenvalue weighted by molar-refractivity contribution is 9.10. The third-order valence-electron chi connectivity index (χ3n) is 2.33. The van der Waals surface area contributed by atoms with E-state index >= 15 is 0 Å². The summed E-state index contributed by atoms with van der Waals surface area (Å²) < 4.78 is 0.947. The van der Waals surface area contributed by atoms with Crippen LogP contribution in [0.2, 0.25) is 0 Å². The van der Waals surface area contributed by atoms with Crippen LogP contribution < -0.4 is 5.32 Å². The second kappa shape index (κ2) is 10.2. The lowest BCUT2D eigenvalue weighted by atomic mass is 10.3. The Bertz CT molecular complexity index is 370. The Morgan fingerprint density at radius 2 is 1.68 bits per heavy atom. The quantitative estimate of drug-likeness (QED) is 0.686. The predicted octanol–water partition coefficient (Wildman–Crippen LogP) is 1.10. The van der Waals surface area contributed by atoms with Gasteiger partial charge < -0.3 is 15.5 Å². The smallest absolute Gasteiger partial charge is 0.238 e. The third-order valence-corrected chi connectivity index (χ3v) is 2.86. The van der Waals surface area contributed by atoms with Crippen LogP contribution in [0.3, 0.4) is 0 Å². The molecule has 0 heterocycles. The SMILES string of the molecule is Cl.O=C(CN(CCO)CCO)Nc1ccc(Br)cc1. The first-order chi connectivity index (χ1) is 8.65. The first kappa shape index (κ1) is 18.3. The summed E-state index contributed by atoms with van der Waals surface area (Å²) >= 11 is 3.32. The van der Waals surface area contributed by atoms with Crippen LogP contribution in [0, 0.1) is 0 Å². The molecule has 0 saturated heterocycles. The molecule has 1 rings (SSSR count). The average Bonchev–Trinajstić information content (AvgIpc) is 2.33. The van der Waals surface area contributed by atoms with Gasteiger partial charge in [-0.25, -0.2) is 0 Å². The minimum atomic E-state index is -0.167. The standard InChI is InChI=1S/C12H17BrN2O3.ClH/c13-10-1-3-11(4-2-10)14-12(18)9-15(5-7-16)6-8-17;/h1-4,16-17H,5-9H2,(H,14,18);1H. The second-order valence-electron chi connectivity index (χ2n) is 3.78. The summed E-state index contributed by atoms with van der Waals surface area (Å²) in [6.07, 6.45) is 0. The van der Waals surface area contributed by atoms with E-state index in [1.165, 1.54) is 0 Å². The Labute approximate surface area is 127 Å². The Morgan fingerprint density at radius 1 is 1.16 bits per heavy atom. The van der Waals surface area contributed by atoms with Gasteiger partial charge in [0.1, 0.15) is 0 Å². The van der Waals surface area contributed by atoms with Crippen molar-refractivity contribution in [1.29, 1.82) is 0 Å². The lowest BCUT2D eigenvalue weighted by Gasteiger charge is -2.19. The number of rotatable bonds is 7. The normalized spacial score (nSPS) is 10.1. The van der Waals surface area contributed by atoms with Crippen molar-refractivity contribution in [2.75, 3.05) is 38.2 Å². The number of hydrogen-bond acceptors (Lipinski definition) is 4. The van der Waals surface area contributed by atoms with E-state index in [1.807, 2.05) is 12.1 Å². The van der Waals surface area contributed by atoms with E-state index in [1.54, 1.807) is 17.0 Å². The van der Waals surface area contributed by atoms with Gasteiger partial charge in [0.25, 0.3) is 0 Å². The maximum absolute atomic E-state index is 11.7. The zero-order chi connectivity index (χ0) is 13.4. The molecule has 0 aliphatic carbocycles. The van der Waals surface area contributed by atoms with Crippen molar-refractivity contribution in [3.63, 3.8) is 0 Å². The minimum absolute atomic E-state index is 0. The Kier molecular flexibility index (Phi) is 9.81. The van der Waals surface area contributed by atoms with Gasteiger partial charge >= 0.3 is 0 Å². The number of benzene rings is 1. The first-order valence-electron chi connectivity index (χ1n) is 5.65. The van der Waals surface area contributed by atoms with Gasteiger partial charge in [0.15, 0.2) is 0 Å². The van der Waals surface area contributed by atoms with Gasteiger partial charge in [0.2, 0.25) is 5.91 Å². The summed E-state index contributed by atoms with van der Waals surface area (Å²) in [5.74, 6) is -0.167. The molecule has 0 unspecified atom stereocenters. The van der Waals surface area contributed by atoms with Crippen molar-refractivity contribution in [1.82, 2.24) is 4.90 Å². The maximum Gasteiger partial charge on any atom is 0.238 e. The molecule has 19 heavy (non-hydrogen) atoms. The molecule has 0 aliphatic heterocycles. The molecular formula is C12H18BrClN2O3. The molecular weight excluding hydrogens is 336 g/mol. The maximum atomic E-state index is 11.7. The summed E-state index contributed by atoms with van der Waals surface area (Å²) in [7, 11) is 0. The predicted molar refractivity (Wildman–Crippen MR) is 80.6 cm³/mol. The van der Waals surface area contributed by atoms with E-state index in [2.05, 4.69) is 21.2 Å². The molecule has 5 nitrogen and oxygen atoms in total. The highest BCUT2D eigenvalue weighted by atomic mass is 79.9. The molecule has 1 aromatic rings. The Hall–Kier alpha value is -0.660. The number of hydrogen-bond donors (Lipinski definition) is 3. The van der Waals surface area contributed by atoms with Crippen LogP contribution in [-0.4, -0.2) is 53.9 Å². The molecule has 0 atom stereocenters. The fourth-order valence-corrected chi connectivity index (χ4v) is 1.75. The fourth-order valence-electron chi connectivity index (χ4n) is 1.49. The van der Waals surface area contributed by atoms with Crippen LogP contribution in [0.15, 0.2) is 28.7 Å². The molecule has 7 heteroatoms. The third kappa shape index (κ3) is 7.49. The van der Waals surface area contributed by atoms with Crippen LogP contribution in [0.1, 0.15) is 0 Å². The Morgan fingerprint density at radius 3 is 2.16 bits per heavy atom. The fraction of sp³-hybridized carbons (Fsp3) is 0.417. The molecule has 1 amide bonds. The zero-order valence-electron chi connectivity index (χ0n) is 10.4. The van der Waals surface area contributed by atoms with Gasteiger partial charge in [-0.1, -0.05) is 15.9 Å². The molecule has 0 bridgehead atoms. The number of amides is 1. The van der Waals surface area contributed by atoms with Crippen molar-refractivity contribution >= 4 is 39.9 Å². The monoisotopic (exact) mass is 352 g/mol. The van der Waals surface area contributed by atoms with E-state index in [0.29, 0.717) is 13.1 Å². The average molecular weight is 354 g/mol. The van der Waals surface area contributed by atoms with Crippen molar-refractivity contribution in [2.24, 2.45) is 0 Å². The van der Waals surface area contributed by atoms with Crippen molar-refractivity contribution in [2.45, 2.75) is 0 Å². The lowest BCUT2D eigenvalue weighted by molar-refractivity contribution is -0.117. The highest BCUT2D eigenvalue weighted by Gasteiger charge is 2.09. The van der Waals surface area contributed by atoms with Crippen molar-refractivity contribution in [3.8, 4) is 0 Å². The Balaban J connectivity index is 0.00000324. The van der Waals surface area contributed by atoms with E-state index in [4.69, 9.17) is 10.2 Å². The van der Waals surface area contributed by atoms with Crippen molar-refractivity contribution in [3.05, 3.63) is 28.7 Å². The number of carbonyl (C=O) groups is 1. The minimum Gasteiger partial charge on any atom is -0.395 e. The molecule has 108 valence electrons. The zero-order valence-corrected chi connectivity index (χ0v) is 12.8. The van der Waals surface area contributed by atoms with Gasteiger partial charge in [-0.2, -0.15) is 0 Å². The largest absolute Gasteiger partial charge is 0.395 e. The van der Waals surface area contributed by atoms with Crippen molar-refractivity contribution < 1.29 is 15.0 Å². The van der Waals surface area contributed by atoms with Gasteiger partial charge in [-0.3, -0.25) is 9.69 Å². The summed E-state index contributed by atoms with van der Waals surface area (Å²) in [5.41, 5.74) is 0.719. The summed E-state index contributed by atoms with van der Waals surface area (Å²) in [6, 6.07) is 7.28. The highest BCUT2D eigenvalue weighted by Crippen LogP contribution is 2.13. The van der Waals surface area contributed by atoms with Gasteiger partial charge in [-0.15, -0.1) is 12.4 Å². The number of aliphatic hydroxyl groups excluding tert-OH is 2. The van der Waals surface area contributed by atoms with Crippen LogP contribution in [0.25, 0.3) is 0 Å². The first-order valence-corrected chi connectivity index (χ1v) is 6.44. The molecule has 0 aromatic heterocycles. The van der Waals surface area contributed by atoms with E-state index in [9.17, 15) is 4.79 Å². The number of aliphatic hydroxyl groups is 2.